The molecule has 0 fully saturated rings. The third kappa shape index (κ3) is 5.50. The lowest BCUT2D eigenvalue weighted by atomic mass is 10.1. The molecule has 0 bridgehead atoms. The highest BCUT2D eigenvalue weighted by molar-refractivity contribution is 6.30. The molecule has 25 heavy (non-hydrogen) atoms. The first-order chi connectivity index (χ1) is 12.0. The summed E-state index contributed by atoms with van der Waals surface area (Å²) in [5.41, 5.74) is 1.44. The third-order valence-corrected chi connectivity index (χ3v) is 3.45. The number of urea groups is 1. The maximum atomic E-state index is 12.4. The van der Waals surface area contributed by atoms with Gasteiger partial charge in [0.25, 0.3) is 5.91 Å². The Labute approximate surface area is 149 Å². The van der Waals surface area contributed by atoms with Gasteiger partial charge in [-0.1, -0.05) is 23.7 Å². The van der Waals surface area contributed by atoms with E-state index in [0.29, 0.717) is 22.0 Å². The number of carbonyl (C=O) groups excluding carboxylic acids is 3. The van der Waals surface area contributed by atoms with Gasteiger partial charge in [0.1, 0.15) is 0 Å². The molecule has 0 aliphatic carbocycles. The van der Waals surface area contributed by atoms with Crippen molar-refractivity contribution in [1.29, 1.82) is 0 Å². The molecule has 0 saturated carbocycles. The minimum atomic E-state index is -0.597. The molecule has 130 valence electrons. The van der Waals surface area contributed by atoms with Gasteiger partial charge in [0.15, 0.2) is 0 Å². The summed E-state index contributed by atoms with van der Waals surface area (Å²) in [5.74, 6) is -0.857. The van der Waals surface area contributed by atoms with E-state index in [2.05, 4.69) is 21.3 Å². The van der Waals surface area contributed by atoms with Crippen molar-refractivity contribution in [1.82, 2.24) is 10.6 Å². The molecule has 2 rings (SSSR count). The molecule has 2 aromatic carbocycles. The van der Waals surface area contributed by atoms with Crippen LogP contribution < -0.4 is 21.3 Å². The molecule has 2 aromatic rings. The summed E-state index contributed by atoms with van der Waals surface area (Å²) in [4.78, 5) is 35.2. The Morgan fingerprint density at radius 1 is 1.00 bits per heavy atom. The SMILES string of the molecule is CNC(=O)NC(=O)CNc1ccccc1C(=O)Nc1ccc(Cl)cc1. The first-order valence-electron chi connectivity index (χ1n) is 7.41. The second-order valence-electron chi connectivity index (χ2n) is 4.99. The van der Waals surface area contributed by atoms with Crippen LogP contribution in [0.5, 0.6) is 0 Å². The monoisotopic (exact) mass is 360 g/mol. The Morgan fingerprint density at radius 2 is 1.68 bits per heavy atom. The number of nitrogens with one attached hydrogen (secondary N) is 4. The van der Waals surface area contributed by atoms with Gasteiger partial charge in [-0.25, -0.2) is 4.79 Å². The zero-order valence-corrected chi connectivity index (χ0v) is 14.2. The zero-order chi connectivity index (χ0) is 18.2. The molecule has 0 radical (unpaired) electrons. The largest absolute Gasteiger partial charge is 0.375 e. The van der Waals surface area contributed by atoms with E-state index in [1.807, 2.05) is 0 Å². The standard InChI is InChI=1S/C17H17ClN4O3/c1-19-17(25)22-15(23)10-20-14-5-3-2-4-13(14)16(24)21-12-8-6-11(18)7-9-12/h2-9,20H,10H2,1H3,(H,21,24)(H2,19,22,23,25). The molecule has 0 saturated heterocycles. The van der Waals surface area contributed by atoms with Gasteiger partial charge in [0.2, 0.25) is 5.91 Å². The summed E-state index contributed by atoms with van der Waals surface area (Å²) >= 11 is 5.82. The average molecular weight is 361 g/mol. The van der Waals surface area contributed by atoms with Gasteiger partial charge in [-0.2, -0.15) is 0 Å². The number of rotatable bonds is 5. The van der Waals surface area contributed by atoms with E-state index < -0.39 is 11.9 Å². The van der Waals surface area contributed by atoms with Gasteiger partial charge in [0.05, 0.1) is 12.1 Å². The van der Waals surface area contributed by atoms with Crippen molar-refractivity contribution in [2.24, 2.45) is 0 Å². The van der Waals surface area contributed by atoms with E-state index in [-0.39, 0.29) is 12.5 Å². The number of hydrogen-bond donors (Lipinski definition) is 4. The number of hydrogen-bond acceptors (Lipinski definition) is 4. The summed E-state index contributed by atoms with van der Waals surface area (Å²) in [7, 11) is 1.41. The molecule has 4 amide bonds. The van der Waals surface area contributed by atoms with Crippen molar-refractivity contribution in [3.05, 3.63) is 59.1 Å². The molecular formula is C17H17ClN4O3. The zero-order valence-electron chi connectivity index (χ0n) is 13.4. The van der Waals surface area contributed by atoms with Crippen LogP contribution in [-0.4, -0.2) is 31.4 Å². The number of imide groups is 1. The molecular weight excluding hydrogens is 344 g/mol. The van der Waals surface area contributed by atoms with Crippen LogP contribution in [-0.2, 0) is 4.79 Å². The number of para-hydroxylation sites is 1. The van der Waals surface area contributed by atoms with E-state index in [1.165, 1.54) is 7.05 Å². The van der Waals surface area contributed by atoms with Crippen LogP contribution >= 0.6 is 11.6 Å². The van der Waals surface area contributed by atoms with Crippen molar-refractivity contribution < 1.29 is 14.4 Å². The highest BCUT2D eigenvalue weighted by atomic mass is 35.5. The predicted octanol–water partition coefficient (Wildman–Crippen LogP) is 2.46. The van der Waals surface area contributed by atoms with E-state index in [1.54, 1.807) is 48.5 Å². The second kappa shape index (κ2) is 8.70. The lowest BCUT2D eigenvalue weighted by Crippen LogP contribution is -2.40. The molecule has 0 heterocycles. The van der Waals surface area contributed by atoms with Crippen molar-refractivity contribution >= 4 is 40.8 Å². The topological polar surface area (TPSA) is 99.3 Å². The van der Waals surface area contributed by atoms with Gasteiger partial charge in [-0.15, -0.1) is 0 Å². The second-order valence-corrected chi connectivity index (χ2v) is 5.42. The molecule has 8 heteroatoms. The lowest BCUT2D eigenvalue weighted by molar-refractivity contribution is -0.118. The lowest BCUT2D eigenvalue weighted by Gasteiger charge is -2.12. The van der Waals surface area contributed by atoms with Gasteiger partial charge >= 0.3 is 6.03 Å². The molecule has 0 spiro atoms. The quantitative estimate of drug-likeness (QED) is 0.658. The number of halogens is 1. The van der Waals surface area contributed by atoms with Gasteiger partial charge in [-0.05, 0) is 36.4 Å². The number of carbonyl (C=O) groups is 3. The van der Waals surface area contributed by atoms with Crippen LogP contribution in [0.15, 0.2) is 48.5 Å². The fourth-order valence-electron chi connectivity index (χ4n) is 1.98. The van der Waals surface area contributed by atoms with Crippen LogP contribution in [0.2, 0.25) is 5.02 Å². The van der Waals surface area contributed by atoms with Crippen molar-refractivity contribution in [2.75, 3.05) is 24.2 Å². The van der Waals surface area contributed by atoms with Crippen LogP contribution in [0.4, 0.5) is 16.2 Å². The summed E-state index contributed by atoms with van der Waals surface area (Å²) in [6.07, 6.45) is 0. The highest BCUT2D eigenvalue weighted by Gasteiger charge is 2.12. The highest BCUT2D eigenvalue weighted by Crippen LogP contribution is 2.18. The summed E-state index contributed by atoms with van der Waals surface area (Å²) in [6.45, 7) is -0.154. The minimum Gasteiger partial charge on any atom is -0.375 e. The van der Waals surface area contributed by atoms with E-state index >= 15 is 0 Å². The minimum absolute atomic E-state index is 0.154. The number of amides is 4. The Morgan fingerprint density at radius 3 is 2.36 bits per heavy atom. The Balaban J connectivity index is 2.04. The molecule has 7 nitrogen and oxygen atoms in total. The van der Waals surface area contributed by atoms with Crippen molar-refractivity contribution in [3.63, 3.8) is 0 Å². The Bertz CT molecular complexity index is 778. The first-order valence-corrected chi connectivity index (χ1v) is 7.79. The molecule has 0 atom stereocenters. The Kier molecular flexibility index (Phi) is 6.36. The fraction of sp³-hybridized carbons (Fsp3) is 0.118. The molecule has 0 aliphatic rings. The number of benzene rings is 2. The maximum Gasteiger partial charge on any atom is 0.321 e. The van der Waals surface area contributed by atoms with Crippen LogP contribution in [0, 0.1) is 0 Å². The van der Waals surface area contributed by atoms with Crippen molar-refractivity contribution in [2.45, 2.75) is 0 Å². The van der Waals surface area contributed by atoms with Gasteiger partial charge in [-0.3, -0.25) is 14.9 Å². The van der Waals surface area contributed by atoms with E-state index in [9.17, 15) is 14.4 Å². The first kappa shape index (κ1) is 18.3. The summed E-state index contributed by atoms with van der Waals surface area (Å²) < 4.78 is 0. The predicted molar refractivity (Wildman–Crippen MR) is 96.9 cm³/mol. The average Bonchev–Trinajstić information content (AvgIpc) is 2.62. The fourth-order valence-corrected chi connectivity index (χ4v) is 2.10. The molecule has 0 unspecified atom stereocenters. The summed E-state index contributed by atoms with van der Waals surface area (Å²) in [5, 5.41) is 10.6. The van der Waals surface area contributed by atoms with Crippen LogP contribution in [0.25, 0.3) is 0 Å². The third-order valence-electron chi connectivity index (χ3n) is 3.19. The number of anilines is 2. The Hall–Kier alpha value is -3.06. The van der Waals surface area contributed by atoms with Crippen LogP contribution in [0.1, 0.15) is 10.4 Å². The maximum absolute atomic E-state index is 12.4. The van der Waals surface area contributed by atoms with E-state index in [4.69, 9.17) is 11.6 Å². The normalized spacial score (nSPS) is 9.84. The molecule has 0 aliphatic heterocycles. The molecule has 4 N–H and O–H groups in total. The van der Waals surface area contributed by atoms with E-state index in [0.717, 1.165) is 0 Å². The van der Waals surface area contributed by atoms with Crippen molar-refractivity contribution in [3.8, 4) is 0 Å². The van der Waals surface area contributed by atoms with Gasteiger partial charge < -0.3 is 16.0 Å². The molecule has 0 aromatic heterocycles. The summed E-state index contributed by atoms with van der Waals surface area (Å²) in [6, 6.07) is 12.9. The smallest absolute Gasteiger partial charge is 0.321 e. The van der Waals surface area contributed by atoms with Gasteiger partial charge in [0, 0.05) is 23.4 Å². The van der Waals surface area contributed by atoms with Crippen LogP contribution in [0.3, 0.4) is 0 Å².